The fraction of sp³-hybridized carbons (Fsp3) is 0.316. The van der Waals surface area contributed by atoms with Crippen LogP contribution in [0, 0.1) is 15.5 Å². The Morgan fingerprint density at radius 3 is 2.28 bits per heavy atom. The molecule has 1 aromatic heterocycles. The maximum Gasteiger partial charge on any atom is 0.293 e. The highest BCUT2D eigenvalue weighted by molar-refractivity contribution is 7.92. The lowest BCUT2D eigenvalue weighted by Gasteiger charge is -2.37. The van der Waals surface area contributed by atoms with E-state index in [9.17, 15) is 18.5 Å². The highest BCUT2D eigenvalue weighted by Crippen LogP contribution is 2.37. The van der Waals surface area contributed by atoms with Crippen LogP contribution in [0.5, 0.6) is 0 Å². The summed E-state index contributed by atoms with van der Waals surface area (Å²) in [5.74, 6) is 0.119. The number of sulfonamides is 1. The lowest BCUT2D eigenvalue weighted by molar-refractivity contribution is -0.384. The van der Waals surface area contributed by atoms with Gasteiger partial charge in [-0.15, -0.1) is 0 Å². The second-order valence-corrected chi connectivity index (χ2v) is 15.6. The average Bonchev–Trinajstić information content (AvgIpc) is 3.12. The molecule has 5 aromatic rings. The number of hydrogen-bond acceptors (Lipinski definition) is 9. The van der Waals surface area contributed by atoms with Crippen LogP contribution in [0.25, 0.3) is 22.0 Å². The fourth-order valence-corrected chi connectivity index (χ4v) is 7.96. The summed E-state index contributed by atoms with van der Waals surface area (Å²) in [6, 6.07) is 28.9. The van der Waals surface area contributed by atoms with Crippen molar-refractivity contribution in [2.45, 2.75) is 38.1 Å². The molecule has 4 aromatic carbocycles. The molecular weight excluding hydrogens is 651 g/mol. The zero-order valence-corrected chi connectivity index (χ0v) is 29.1. The van der Waals surface area contributed by atoms with E-state index in [4.69, 9.17) is 0 Å². The van der Waals surface area contributed by atoms with E-state index in [1.807, 2.05) is 29.2 Å². The van der Waals surface area contributed by atoms with E-state index in [1.165, 1.54) is 35.2 Å². The Morgan fingerprint density at radius 1 is 0.820 bits per heavy atom. The van der Waals surface area contributed by atoms with Crippen LogP contribution in [0.15, 0.2) is 102 Å². The van der Waals surface area contributed by atoms with Crippen LogP contribution in [0.4, 0.5) is 22.9 Å². The van der Waals surface area contributed by atoms with Crippen molar-refractivity contribution in [1.82, 2.24) is 14.9 Å². The number of benzene rings is 4. The first-order valence-corrected chi connectivity index (χ1v) is 18.5. The maximum atomic E-state index is 13.5. The molecule has 258 valence electrons. The number of nitro groups is 1. The number of nitrogens with zero attached hydrogens (tertiary/aromatic N) is 6. The molecule has 0 spiro atoms. The number of aromatic nitrogens is 2. The van der Waals surface area contributed by atoms with Gasteiger partial charge in [-0.1, -0.05) is 68.4 Å². The first-order chi connectivity index (χ1) is 24.1. The number of nitrogens with one attached hydrogen (secondary N) is 1. The quantitative estimate of drug-likeness (QED) is 0.129. The van der Waals surface area contributed by atoms with E-state index >= 15 is 0 Å². The van der Waals surface area contributed by atoms with Crippen molar-refractivity contribution < 1.29 is 13.3 Å². The molecule has 0 amide bonds. The van der Waals surface area contributed by atoms with Gasteiger partial charge in [-0.25, -0.2) is 18.4 Å². The zero-order valence-electron chi connectivity index (χ0n) is 28.3. The molecule has 7 rings (SSSR count). The molecule has 2 saturated heterocycles. The predicted molar refractivity (Wildman–Crippen MR) is 198 cm³/mol. The predicted octanol–water partition coefficient (Wildman–Crippen LogP) is 6.95. The Balaban J connectivity index is 1.04. The van der Waals surface area contributed by atoms with Gasteiger partial charge in [0.05, 0.1) is 15.3 Å². The number of anilines is 3. The summed E-state index contributed by atoms with van der Waals surface area (Å²) in [4.78, 5) is 26.8. The summed E-state index contributed by atoms with van der Waals surface area (Å²) < 4.78 is 29.7. The molecule has 2 aliphatic rings. The minimum absolute atomic E-state index is 0.119. The molecule has 3 heterocycles. The van der Waals surface area contributed by atoms with Crippen LogP contribution in [0.2, 0.25) is 0 Å². The largest absolute Gasteiger partial charge is 0.369 e. The molecular formula is C38H41N7O4S. The van der Waals surface area contributed by atoms with E-state index < -0.39 is 14.9 Å². The third-order valence-corrected chi connectivity index (χ3v) is 11.3. The Morgan fingerprint density at radius 2 is 1.54 bits per heavy atom. The van der Waals surface area contributed by atoms with Gasteiger partial charge in [-0.3, -0.25) is 19.7 Å². The Hall–Kier alpha value is -5.07. The highest BCUT2D eigenvalue weighted by atomic mass is 32.2. The third-order valence-electron chi connectivity index (χ3n) is 10.00. The van der Waals surface area contributed by atoms with E-state index in [1.54, 1.807) is 0 Å². The molecule has 0 bridgehead atoms. The molecule has 0 unspecified atom stereocenters. The Bertz CT molecular complexity index is 2120. The summed E-state index contributed by atoms with van der Waals surface area (Å²) in [5, 5.41) is 12.6. The SMILES string of the molecule is CC1(C)CCN(c2ccc(S(=O)(=O)Nc3ncnc4cc(N5CCN(Cc6ccccc6-c6ccccc6)CC5)ccc34)cc2[N+](=O)[O-])CC1. The van der Waals surface area contributed by atoms with Crippen molar-refractivity contribution in [3.63, 3.8) is 0 Å². The third kappa shape index (κ3) is 7.12. The number of rotatable bonds is 9. The van der Waals surface area contributed by atoms with Gasteiger partial charge in [0.15, 0.2) is 5.82 Å². The summed E-state index contributed by atoms with van der Waals surface area (Å²) in [6.45, 7) is 10.1. The normalized spacial score (nSPS) is 16.8. The molecule has 1 N–H and O–H groups in total. The smallest absolute Gasteiger partial charge is 0.293 e. The molecule has 12 heteroatoms. The topological polar surface area (TPSA) is 125 Å². The van der Waals surface area contributed by atoms with E-state index in [0.29, 0.717) is 29.7 Å². The van der Waals surface area contributed by atoms with Crippen molar-refractivity contribution in [2.24, 2.45) is 5.41 Å². The van der Waals surface area contributed by atoms with Gasteiger partial charge >= 0.3 is 0 Å². The minimum Gasteiger partial charge on any atom is -0.369 e. The number of piperazine rings is 1. The van der Waals surface area contributed by atoms with Crippen LogP contribution in [0.3, 0.4) is 0 Å². The standard InChI is InChI=1S/C38H41N7O4S/c1-38(2)16-18-44(19-17-38)35-15-13-31(25-36(35)45(46)47)50(48,49)41-37-33-14-12-30(24-34(33)39-27-40-37)43-22-20-42(21-23-43)26-29-10-6-7-11-32(29)28-8-4-3-5-9-28/h3-15,24-25,27H,16-23,26H2,1-2H3,(H,39,40,41). The highest BCUT2D eigenvalue weighted by Gasteiger charge is 2.30. The summed E-state index contributed by atoms with van der Waals surface area (Å²) in [6.07, 6.45) is 3.12. The van der Waals surface area contributed by atoms with Crippen LogP contribution in [-0.4, -0.2) is 67.5 Å². The number of fused-ring (bicyclic) bond motifs is 1. The molecule has 0 radical (unpaired) electrons. The van der Waals surface area contributed by atoms with E-state index in [2.05, 4.69) is 86.9 Å². The van der Waals surface area contributed by atoms with Gasteiger partial charge < -0.3 is 9.80 Å². The molecule has 50 heavy (non-hydrogen) atoms. The number of hydrogen-bond donors (Lipinski definition) is 1. The second-order valence-electron chi connectivity index (χ2n) is 13.9. The van der Waals surface area contributed by atoms with Gasteiger partial charge in [0.25, 0.3) is 15.7 Å². The summed E-state index contributed by atoms with van der Waals surface area (Å²) in [7, 11) is -4.19. The molecule has 2 fully saturated rings. The Kier molecular flexibility index (Phi) is 9.15. The summed E-state index contributed by atoms with van der Waals surface area (Å²) >= 11 is 0. The first kappa shape index (κ1) is 33.4. The van der Waals surface area contributed by atoms with Crippen LogP contribution in [-0.2, 0) is 16.6 Å². The minimum atomic E-state index is -4.19. The van der Waals surface area contributed by atoms with E-state index in [-0.39, 0.29) is 21.8 Å². The van der Waals surface area contributed by atoms with Crippen molar-refractivity contribution in [2.75, 3.05) is 53.8 Å². The molecule has 0 aliphatic carbocycles. The molecule has 2 aliphatic heterocycles. The van der Waals surface area contributed by atoms with Gasteiger partial charge in [-0.05, 0) is 65.3 Å². The second kappa shape index (κ2) is 13.7. The lowest BCUT2D eigenvalue weighted by atomic mass is 9.82. The van der Waals surface area contributed by atoms with Crippen LogP contribution >= 0.6 is 0 Å². The number of piperidine rings is 1. The monoisotopic (exact) mass is 691 g/mol. The Labute approximate surface area is 292 Å². The number of nitro benzene ring substituents is 1. The van der Waals surface area contributed by atoms with E-state index in [0.717, 1.165) is 57.3 Å². The van der Waals surface area contributed by atoms with Gasteiger partial charge in [0, 0.05) is 63.0 Å². The molecule has 11 nitrogen and oxygen atoms in total. The van der Waals surface area contributed by atoms with Gasteiger partial charge in [0.1, 0.15) is 12.0 Å². The van der Waals surface area contributed by atoms with Crippen LogP contribution < -0.4 is 14.5 Å². The molecule has 0 atom stereocenters. The van der Waals surface area contributed by atoms with Crippen LogP contribution in [0.1, 0.15) is 32.3 Å². The lowest BCUT2D eigenvalue weighted by Crippen LogP contribution is -2.46. The zero-order chi connectivity index (χ0) is 34.9. The van der Waals surface area contributed by atoms with Gasteiger partial charge in [-0.2, -0.15) is 0 Å². The average molecular weight is 692 g/mol. The summed E-state index contributed by atoms with van der Waals surface area (Å²) in [5.41, 5.74) is 5.76. The van der Waals surface area contributed by atoms with Crippen molar-refractivity contribution >= 4 is 43.8 Å². The molecule has 0 saturated carbocycles. The van der Waals surface area contributed by atoms with Gasteiger partial charge in [0.2, 0.25) is 0 Å². The van der Waals surface area contributed by atoms with Crippen molar-refractivity contribution in [3.05, 3.63) is 113 Å². The maximum absolute atomic E-state index is 13.5. The van der Waals surface area contributed by atoms with Crippen molar-refractivity contribution in [1.29, 1.82) is 0 Å². The van der Waals surface area contributed by atoms with Crippen molar-refractivity contribution in [3.8, 4) is 11.1 Å². The fourth-order valence-electron chi connectivity index (χ4n) is 6.91. The first-order valence-electron chi connectivity index (χ1n) is 17.0.